The fourth-order valence-corrected chi connectivity index (χ4v) is 4.59. The number of anilines is 1. The first kappa shape index (κ1) is 14.5. The quantitative estimate of drug-likeness (QED) is 0.510. The lowest BCUT2D eigenvalue weighted by molar-refractivity contribution is -0.340. The summed E-state index contributed by atoms with van der Waals surface area (Å²) < 4.78 is 5.67. The lowest BCUT2D eigenvalue weighted by atomic mass is 9.97. The Bertz CT molecular complexity index is 1130. The van der Waals surface area contributed by atoms with E-state index >= 15 is 0 Å². The molecule has 0 unspecified atom stereocenters. The summed E-state index contributed by atoms with van der Waals surface area (Å²) in [5, 5.41) is 3.19. The van der Waals surface area contributed by atoms with Crippen LogP contribution in [0.4, 0.5) is 5.13 Å². The van der Waals surface area contributed by atoms with Crippen molar-refractivity contribution in [2.45, 2.75) is 6.42 Å². The Labute approximate surface area is 149 Å². The lowest BCUT2D eigenvalue weighted by Gasteiger charge is -2.12. The normalized spacial score (nSPS) is 12.2. The van der Waals surface area contributed by atoms with Gasteiger partial charge in [-0.2, -0.15) is 0 Å². The van der Waals surface area contributed by atoms with Crippen LogP contribution in [0.1, 0.15) is 10.4 Å². The predicted octanol–water partition coefficient (Wildman–Crippen LogP) is 4.54. The third-order valence-corrected chi connectivity index (χ3v) is 5.78. The largest absolute Gasteiger partial charge is 0.496 e. The molecular formula is C21H17N2OS+. The summed E-state index contributed by atoms with van der Waals surface area (Å²) in [6.45, 7) is 0. The molecule has 0 spiro atoms. The van der Waals surface area contributed by atoms with Crippen molar-refractivity contribution in [3.05, 3.63) is 65.0 Å². The summed E-state index contributed by atoms with van der Waals surface area (Å²) >= 11 is 1.64. The Morgan fingerprint density at radius 3 is 2.60 bits per heavy atom. The molecule has 3 N–H and O–H groups in total. The highest BCUT2D eigenvalue weighted by Gasteiger charge is 2.26. The first-order chi connectivity index (χ1) is 12.2. The average Bonchev–Trinajstić information content (AvgIpc) is 3.15. The van der Waals surface area contributed by atoms with E-state index in [2.05, 4.69) is 59.6 Å². The van der Waals surface area contributed by atoms with E-state index < -0.39 is 0 Å². The smallest absolute Gasteiger partial charge is 0.330 e. The van der Waals surface area contributed by atoms with Crippen LogP contribution in [-0.2, 0) is 6.42 Å². The highest BCUT2D eigenvalue weighted by atomic mass is 32.1. The van der Waals surface area contributed by atoms with E-state index in [1.807, 2.05) is 0 Å². The number of nitrogens with two attached hydrogens (primary N) is 1. The van der Waals surface area contributed by atoms with Crippen LogP contribution in [0.15, 0.2) is 54.6 Å². The third kappa shape index (κ3) is 2.22. The van der Waals surface area contributed by atoms with Crippen molar-refractivity contribution in [1.82, 2.24) is 0 Å². The highest BCUT2D eigenvalue weighted by Crippen LogP contribution is 2.41. The van der Waals surface area contributed by atoms with Gasteiger partial charge in [0.15, 0.2) is 0 Å². The van der Waals surface area contributed by atoms with E-state index in [9.17, 15) is 0 Å². The van der Waals surface area contributed by atoms with Crippen LogP contribution in [0.25, 0.3) is 33.2 Å². The molecule has 1 aromatic heterocycles. The van der Waals surface area contributed by atoms with Crippen LogP contribution in [0, 0.1) is 0 Å². The maximum Gasteiger partial charge on any atom is 0.330 e. The molecule has 0 aliphatic heterocycles. The number of nitrogen functional groups attached to an aromatic ring is 1. The number of benzene rings is 3. The predicted molar refractivity (Wildman–Crippen MR) is 103 cm³/mol. The number of thiazole rings is 1. The van der Waals surface area contributed by atoms with Crippen LogP contribution >= 0.6 is 11.3 Å². The van der Waals surface area contributed by atoms with Crippen molar-refractivity contribution in [2.75, 3.05) is 12.8 Å². The average molecular weight is 345 g/mol. The number of hydrogen-bond acceptors (Lipinski definition) is 3. The van der Waals surface area contributed by atoms with E-state index in [0.717, 1.165) is 22.9 Å². The van der Waals surface area contributed by atoms with E-state index in [0.29, 0.717) is 0 Å². The van der Waals surface area contributed by atoms with E-state index in [-0.39, 0.29) is 0 Å². The molecule has 3 aromatic carbocycles. The Morgan fingerprint density at radius 2 is 1.80 bits per heavy atom. The molecule has 4 aromatic rings. The van der Waals surface area contributed by atoms with Gasteiger partial charge in [0.25, 0.3) is 0 Å². The molecular weight excluding hydrogens is 328 g/mol. The number of H-pyrrole nitrogens is 1. The molecule has 1 heterocycles. The maximum atomic E-state index is 5.90. The van der Waals surface area contributed by atoms with Gasteiger partial charge < -0.3 is 4.74 Å². The number of aromatic amines is 1. The second-order valence-corrected chi connectivity index (χ2v) is 7.47. The molecule has 0 saturated heterocycles. The summed E-state index contributed by atoms with van der Waals surface area (Å²) in [4.78, 5) is 4.61. The van der Waals surface area contributed by atoms with Gasteiger partial charge in [0.2, 0.25) is 0 Å². The van der Waals surface area contributed by atoms with Crippen molar-refractivity contribution in [1.29, 1.82) is 0 Å². The third-order valence-electron chi connectivity index (χ3n) is 4.86. The Morgan fingerprint density at radius 1 is 1.00 bits per heavy atom. The minimum Gasteiger partial charge on any atom is -0.496 e. The molecule has 4 heteroatoms. The second-order valence-electron chi connectivity index (χ2n) is 6.34. The molecule has 1 aliphatic rings. The van der Waals surface area contributed by atoms with Gasteiger partial charge in [0, 0.05) is 17.5 Å². The zero-order valence-electron chi connectivity index (χ0n) is 13.8. The number of ether oxygens (including phenoxy) is 1. The zero-order valence-corrected chi connectivity index (χ0v) is 14.6. The lowest BCUT2D eigenvalue weighted by Crippen LogP contribution is -2.06. The Balaban J connectivity index is 1.67. The van der Waals surface area contributed by atoms with Gasteiger partial charge in [-0.05, 0) is 46.2 Å². The van der Waals surface area contributed by atoms with Crippen molar-refractivity contribution >= 4 is 27.2 Å². The molecule has 0 saturated carbocycles. The summed E-state index contributed by atoms with van der Waals surface area (Å²) in [6, 6.07) is 19.3. The van der Waals surface area contributed by atoms with Crippen molar-refractivity contribution in [3.63, 3.8) is 0 Å². The molecule has 0 atom stereocenters. The fraction of sp³-hybridized carbons (Fsp3) is 0.0952. The summed E-state index contributed by atoms with van der Waals surface area (Å²) in [5.41, 5.74) is 12.0. The molecule has 0 fully saturated rings. The monoisotopic (exact) mass is 345 g/mol. The number of rotatable bonds is 2. The maximum absolute atomic E-state index is 5.90. The van der Waals surface area contributed by atoms with Crippen LogP contribution in [0.3, 0.4) is 0 Å². The first-order valence-corrected chi connectivity index (χ1v) is 9.05. The molecule has 5 rings (SSSR count). The molecule has 0 amide bonds. The molecule has 3 nitrogen and oxygen atoms in total. The van der Waals surface area contributed by atoms with Crippen molar-refractivity contribution in [2.24, 2.45) is 0 Å². The van der Waals surface area contributed by atoms with Crippen LogP contribution in [0.5, 0.6) is 5.75 Å². The van der Waals surface area contributed by atoms with Gasteiger partial charge in [-0.3, -0.25) is 5.73 Å². The van der Waals surface area contributed by atoms with Gasteiger partial charge in [-0.15, -0.1) is 0 Å². The van der Waals surface area contributed by atoms with Gasteiger partial charge >= 0.3 is 5.13 Å². The number of methoxy groups -OCH3 is 1. The Hall–Kier alpha value is -2.85. The first-order valence-electron chi connectivity index (χ1n) is 8.24. The van der Waals surface area contributed by atoms with Gasteiger partial charge in [0.05, 0.1) is 12.0 Å². The number of aromatic nitrogens is 1. The number of nitrogens with one attached hydrogen (secondary N) is 1. The number of fused-ring (bicyclic) bond motifs is 4. The van der Waals surface area contributed by atoms with Gasteiger partial charge in [-0.1, -0.05) is 41.7 Å². The summed E-state index contributed by atoms with van der Waals surface area (Å²) in [6.07, 6.45) is 0.937. The molecule has 0 bridgehead atoms. The number of hydrogen-bond donors (Lipinski definition) is 1. The summed E-state index contributed by atoms with van der Waals surface area (Å²) in [7, 11) is 1.73. The van der Waals surface area contributed by atoms with Gasteiger partial charge in [-0.25, -0.2) is 4.98 Å². The van der Waals surface area contributed by atoms with E-state index in [1.54, 1.807) is 18.4 Å². The standard InChI is InChI=1S/C21H16N2OS/c1-24-18-10-13-5-3-2-4-12(13)9-17(18)14-6-7-16-15(8-14)11-19-20(16)23-21(22)25-19/h2-10H,11H2,1H3,(H2,22,23)/p+1. The Kier molecular flexibility index (Phi) is 3.09. The van der Waals surface area contributed by atoms with Gasteiger partial charge in [0.1, 0.15) is 11.4 Å². The molecule has 0 radical (unpaired) electrons. The SMILES string of the molecule is COc1cc2ccccc2cc1-c1ccc2c(c1)Cc1sc(N)[nH+]c1-2. The van der Waals surface area contributed by atoms with Crippen LogP contribution < -0.4 is 15.5 Å². The molecule has 1 aliphatic carbocycles. The highest BCUT2D eigenvalue weighted by molar-refractivity contribution is 7.15. The second kappa shape index (κ2) is 5.33. The minimum absolute atomic E-state index is 0.774. The molecule has 122 valence electrons. The minimum atomic E-state index is 0.774. The van der Waals surface area contributed by atoms with Crippen LogP contribution in [-0.4, -0.2) is 7.11 Å². The van der Waals surface area contributed by atoms with E-state index in [4.69, 9.17) is 10.5 Å². The van der Waals surface area contributed by atoms with E-state index in [1.165, 1.54) is 38.0 Å². The fourth-order valence-electron chi connectivity index (χ4n) is 3.68. The van der Waals surface area contributed by atoms with Crippen molar-refractivity contribution < 1.29 is 9.72 Å². The van der Waals surface area contributed by atoms with Crippen LogP contribution in [0.2, 0.25) is 0 Å². The van der Waals surface area contributed by atoms with Crippen molar-refractivity contribution in [3.8, 4) is 28.1 Å². The molecule has 25 heavy (non-hydrogen) atoms. The summed E-state index contributed by atoms with van der Waals surface area (Å²) in [5.74, 6) is 0.905. The topological polar surface area (TPSA) is 49.4 Å². The zero-order chi connectivity index (χ0) is 17.0.